The summed E-state index contributed by atoms with van der Waals surface area (Å²) in [4.78, 5) is 66.5. The average Bonchev–Trinajstić information content (AvgIpc) is 3.22. The lowest BCUT2D eigenvalue weighted by molar-refractivity contribution is -0.404. The van der Waals surface area contributed by atoms with Crippen LogP contribution in [0.3, 0.4) is 0 Å². The fourth-order valence-electron chi connectivity index (χ4n) is 2.05. The monoisotopic (exact) mass is 482 g/mol. The largest absolute Gasteiger partial charge is 0.497 e. The number of guanidine groups is 1. The van der Waals surface area contributed by atoms with Crippen molar-refractivity contribution in [1.82, 2.24) is 10.3 Å². The summed E-state index contributed by atoms with van der Waals surface area (Å²) in [7, 11) is 0. The number of phenolic OH excluding ortho intramolecular Hbond substituents is 1. The van der Waals surface area contributed by atoms with Crippen molar-refractivity contribution in [2.24, 2.45) is 16.5 Å². The minimum atomic E-state index is -1.21. The molecule has 2 aromatic rings. The van der Waals surface area contributed by atoms with E-state index in [1.54, 1.807) is 0 Å². The standard InChI is InChI=1S/C9H11N5O4.C6H3N3O7/c10-9(11)14-8(18)5-2-1-4(13-5)7(17)12-3-6(15)16;10-6-4(8(13)14)1-3(7(11)12)2-5(6)9(15)16/h1-2,13H,3H2,(H,12,17)(H,15,16)(H4,10,11,14,18);1-2,10H. The van der Waals surface area contributed by atoms with Crippen LogP contribution in [0.2, 0.25) is 0 Å². The van der Waals surface area contributed by atoms with Gasteiger partial charge in [0, 0.05) is 0 Å². The van der Waals surface area contributed by atoms with Gasteiger partial charge in [0.25, 0.3) is 23.3 Å². The molecule has 1 aromatic carbocycles. The first-order chi connectivity index (χ1) is 15.7. The predicted molar refractivity (Wildman–Crippen MR) is 109 cm³/mol. The molecule has 0 saturated heterocycles. The number of hydrogen-bond donors (Lipinski definition) is 6. The van der Waals surface area contributed by atoms with Gasteiger partial charge in [-0.2, -0.15) is 4.99 Å². The topological polar surface area (TPSA) is 313 Å². The number of nitrogens with one attached hydrogen (secondary N) is 2. The number of aromatic amines is 1. The van der Waals surface area contributed by atoms with Crippen molar-refractivity contribution >= 4 is 40.8 Å². The van der Waals surface area contributed by atoms with E-state index in [-0.39, 0.29) is 11.4 Å². The van der Waals surface area contributed by atoms with E-state index in [1.165, 1.54) is 12.1 Å². The number of carbonyl (C=O) groups is 3. The number of non-ortho nitro benzene ring substituents is 1. The van der Waals surface area contributed by atoms with E-state index in [9.17, 15) is 44.7 Å². The van der Waals surface area contributed by atoms with Crippen molar-refractivity contribution in [3.05, 3.63) is 66.0 Å². The van der Waals surface area contributed by atoms with Gasteiger partial charge in [0.1, 0.15) is 17.9 Å². The molecule has 0 aliphatic rings. The highest BCUT2D eigenvalue weighted by atomic mass is 16.6. The van der Waals surface area contributed by atoms with Crippen molar-refractivity contribution in [3.8, 4) is 5.75 Å². The van der Waals surface area contributed by atoms with Gasteiger partial charge in [-0.1, -0.05) is 0 Å². The van der Waals surface area contributed by atoms with Crippen LogP contribution >= 0.6 is 0 Å². The zero-order valence-corrected chi connectivity index (χ0v) is 16.5. The first kappa shape index (κ1) is 26.4. The van der Waals surface area contributed by atoms with Gasteiger partial charge in [-0.3, -0.25) is 44.7 Å². The third-order valence-corrected chi connectivity index (χ3v) is 3.45. The van der Waals surface area contributed by atoms with Gasteiger partial charge >= 0.3 is 17.3 Å². The lowest BCUT2D eigenvalue weighted by atomic mass is 10.2. The highest BCUT2D eigenvalue weighted by molar-refractivity contribution is 6.02. The summed E-state index contributed by atoms with van der Waals surface area (Å²) >= 11 is 0. The summed E-state index contributed by atoms with van der Waals surface area (Å²) < 4.78 is 0. The number of nitro benzene ring substituents is 3. The Labute approximate surface area is 186 Å². The molecule has 0 radical (unpaired) electrons. The van der Waals surface area contributed by atoms with Crippen LogP contribution in [0.5, 0.6) is 5.75 Å². The minimum absolute atomic E-state index is 0.0175. The summed E-state index contributed by atoms with van der Waals surface area (Å²) in [5.41, 5.74) is 7.10. The maximum absolute atomic E-state index is 11.4. The number of phenols is 1. The van der Waals surface area contributed by atoms with E-state index < -0.39 is 67.9 Å². The van der Waals surface area contributed by atoms with Crippen molar-refractivity contribution in [2.45, 2.75) is 0 Å². The Morgan fingerprint density at radius 3 is 1.88 bits per heavy atom. The number of nitro groups is 3. The maximum atomic E-state index is 11.4. The molecule has 0 aliphatic heterocycles. The lowest BCUT2D eigenvalue weighted by Crippen LogP contribution is -2.29. The minimum Gasteiger partial charge on any atom is -0.497 e. The van der Waals surface area contributed by atoms with Crippen LogP contribution in [0.25, 0.3) is 0 Å². The van der Waals surface area contributed by atoms with E-state index in [0.29, 0.717) is 12.1 Å². The zero-order chi connectivity index (χ0) is 26.2. The Balaban J connectivity index is 0.000000342. The molecule has 0 atom stereocenters. The average molecular weight is 482 g/mol. The van der Waals surface area contributed by atoms with Crippen molar-refractivity contribution in [2.75, 3.05) is 6.54 Å². The summed E-state index contributed by atoms with van der Waals surface area (Å²) in [5.74, 6) is -4.16. The van der Waals surface area contributed by atoms with E-state index in [2.05, 4.69) is 15.3 Å². The van der Waals surface area contributed by atoms with E-state index in [4.69, 9.17) is 21.7 Å². The first-order valence-electron chi connectivity index (χ1n) is 8.37. The van der Waals surface area contributed by atoms with Gasteiger partial charge in [-0.15, -0.1) is 0 Å². The number of H-pyrrole nitrogens is 1. The molecule has 1 heterocycles. The SMILES string of the molecule is NC(N)=NC(=O)c1ccc(C(=O)NCC(=O)O)[nH]1.O=[N+]([O-])c1cc([N+](=O)[O-])c(O)c([N+](=O)[O-])c1. The molecule has 0 saturated carbocycles. The quantitative estimate of drug-likeness (QED) is 0.124. The molecule has 0 aliphatic carbocycles. The van der Waals surface area contributed by atoms with Gasteiger partial charge in [0.2, 0.25) is 0 Å². The molecule has 0 bridgehead atoms. The number of aliphatic imine (C=N–C) groups is 1. The van der Waals surface area contributed by atoms with Crippen molar-refractivity contribution in [3.63, 3.8) is 0 Å². The van der Waals surface area contributed by atoms with Crippen molar-refractivity contribution < 1.29 is 39.4 Å². The number of carbonyl (C=O) groups excluding carboxylic acids is 2. The Hall–Kier alpha value is -5.62. The molecule has 34 heavy (non-hydrogen) atoms. The van der Waals surface area contributed by atoms with Gasteiger partial charge in [-0.05, 0) is 12.1 Å². The number of carboxylic acids is 1. The molecule has 8 N–H and O–H groups in total. The van der Waals surface area contributed by atoms with Crippen LogP contribution in [0.1, 0.15) is 21.0 Å². The highest BCUT2D eigenvalue weighted by Crippen LogP contribution is 2.38. The number of nitrogens with zero attached hydrogens (tertiary/aromatic N) is 4. The van der Waals surface area contributed by atoms with Crippen LogP contribution < -0.4 is 16.8 Å². The fraction of sp³-hybridized carbons (Fsp3) is 0.0667. The number of aliphatic carboxylic acids is 1. The van der Waals surface area contributed by atoms with Crippen LogP contribution in [0.15, 0.2) is 29.3 Å². The molecular weight excluding hydrogens is 468 g/mol. The van der Waals surface area contributed by atoms with Crippen LogP contribution in [0, 0.1) is 30.3 Å². The Bertz CT molecular complexity index is 1160. The number of aromatic nitrogens is 1. The summed E-state index contributed by atoms with van der Waals surface area (Å²) in [6, 6.07) is 3.52. The van der Waals surface area contributed by atoms with Crippen LogP contribution in [-0.4, -0.2) is 60.3 Å². The number of benzene rings is 1. The maximum Gasteiger partial charge on any atom is 0.324 e. The van der Waals surface area contributed by atoms with E-state index in [1.807, 2.05) is 0 Å². The van der Waals surface area contributed by atoms with Gasteiger partial charge in [0.05, 0.1) is 26.9 Å². The molecule has 2 rings (SSSR count). The number of amides is 2. The van der Waals surface area contributed by atoms with Crippen LogP contribution in [0.4, 0.5) is 17.1 Å². The summed E-state index contributed by atoms with van der Waals surface area (Å²) in [6.45, 7) is -0.519. The van der Waals surface area contributed by atoms with Gasteiger partial charge in [-0.25, -0.2) is 0 Å². The zero-order valence-electron chi connectivity index (χ0n) is 16.5. The molecule has 19 nitrogen and oxygen atoms in total. The molecule has 0 unspecified atom stereocenters. The number of nitrogens with two attached hydrogens (primary N) is 2. The molecule has 2 amide bonds. The number of rotatable bonds is 7. The van der Waals surface area contributed by atoms with Crippen molar-refractivity contribution in [1.29, 1.82) is 0 Å². The third kappa shape index (κ3) is 7.26. The third-order valence-electron chi connectivity index (χ3n) is 3.45. The Morgan fingerprint density at radius 1 is 0.971 bits per heavy atom. The normalized spacial score (nSPS) is 9.65. The fourth-order valence-corrected chi connectivity index (χ4v) is 2.05. The molecule has 180 valence electrons. The smallest absolute Gasteiger partial charge is 0.324 e. The molecule has 0 spiro atoms. The molecule has 1 aromatic heterocycles. The Kier molecular flexibility index (Phi) is 8.65. The molecule has 19 heteroatoms. The van der Waals surface area contributed by atoms with Gasteiger partial charge in [0.15, 0.2) is 5.96 Å². The van der Waals surface area contributed by atoms with E-state index >= 15 is 0 Å². The second kappa shape index (κ2) is 11.1. The first-order valence-corrected chi connectivity index (χ1v) is 8.37. The van der Waals surface area contributed by atoms with E-state index in [0.717, 1.165) is 0 Å². The second-order valence-electron chi connectivity index (χ2n) is 5.81. The second-order valence-corrected chi connectivity index (χ2v) is 5.81. The lowest BCUT2D eigenvalue weighted by Gasteiger charge is -1.99. The number of aromatic hydroxyl groups is 1. The molecule has 0 fully saturated rings. The Morgan fingerprint density at radius 2 is 1.47 bits per heavy atom. The number of hydrogen-bond acceptors (Lipinski definition) is 10. The molecular formula is C15H14N8O11. The predicted octanol–water partition coefficient (Wildman–Crippen LogP) is -0.640. The summed E-state index contributed by atoms with van der Waals surface area (Å²) in [6.07, 6.45) is 0. The van der Waals surface area contributed by atoms with Gasteiger partial charge < -0.3 is 32.0 Å². The number of carboxylic acid groups (broad SMARTS) is 1. The van der Waals surface area contributed by atoms with Crippen LogP contribution in [-0.2, 0) is 4.79 Å². The summed E-state index contributed by atoms with van der Waals surface area (Å²) in [5, 5.41) is 50.7. The highest BCUT2D eigenvalue weighted by Gasteiger charge is 2.30.